The van der Waals surface area contributed by atoms with E-state index in [1.807, 2.05) is 6.07 Å². The molecule has 1 saturated heterocycles. The maximum absolute atomic E-state index is 13.5. The Morgan fingerprint density at radius 3 is 2.83 bits per heavy atom. The van der Waals surface area contributed by atoms with Crippen LogP contribution in [0.5, 0.6) is 5.75 Å². The van der Waals surface area contributed by atoms with Crippen LogP contribution in [0.2, 0.25) is 0 Å². The summed E-state index contributed by atoms with van der Waals surface area (Å²) >= 11 is 0. The van der Waals surface area contributed by atoms with E-state index in [9.17, 15) is 4.39 Å². The van der Waals surface area contributed by atoms with Crippen molar-refractivity contribution in [1.82, 2.24) is 10.6 Å². The minimum absolute atomic E-state index is 0.281. The molecule has 0 aliphatic carbocycles. The number of nitrogens with one attached hydrogen (secondary N) is 2. The molecule has 4 heteroatoms. The highest BCUT2D eigenvalue weighted by Crippen LogP contribution is 2.17. The number of ether oxygens (including phenoxy) is 1. The van der Waals surface area contributed by atoms with Gasteiger partial charge in [-0.1, -0.05) is 6.07 Å². The molecule has 1 heterocycles. The van der Waals surface area contributed by atoms with Gasteiger partial charge < -0.3 is 15.4 Å². The molecule has 0 radical (unpaired) electrons. The van der Waals surface area contributed by atoms with Crippen LogP contribution in [0, 0.1) is 5.82 Å². The molecule has 2 N–H and O–H groups in total. The summed E-state index contributed by atoms with van der Waals surface area (Å²) in [6, 6.07) is 5.78. The largest absolute Gasteiger partial charge is 0.494 e. The molecular formula is C14H21FN2O. The average molecular weight is 252 g/mol. The Bertz CT molecular complexity index is 378. The van der Waals surface area contributed by atoms with E-state index in [4.69, 9.17) is 4.74 Å². The van der Waals surface area contributed by atoms with Crippen molar-refractivity contribution in [2.24, 2.45) is 0 Å². The lowest BCUT2D eigenvalue weighted by molar-refractivity contribution is 0.384. The second-order valence-electron chi connectivity index (χ2n) is 4.70. The minimum atomic E-state index is -0.281. The van der Waals surface area contributed by atoms with Gasteiger partial charge in [0.25, 0.3) is 0 Å². The van der Waals surface area contributed by atoms with Crippen molar-refractivity contribution in [3.05, 3.63) is 29.6 Å². The first-order valence-corrected chi connectivity index (χ1v) is 6.56. The van der Waals surface area contributed by atoms with Gasteiger partial charge in [-0.05, 0) is 56.6 Å². The lowest BCUT2D eigenvalue weighted by atomic mass is 10.1. The van der Waals surface area contributed by atoms with Crippen molar-refractivity contribution >= 4 is 0 Å². The van der Waals surface area contributed by atoms with Gasteiger partial charge in [-0.2, -0.15) is 0 Å². The number of methoxy groups -OCH3 is 1. The van der Waals surface area contributed by atoms with E-state index in [1.165, 1.54) is 20.0 Å². The standard InChI is InChI=1S/C14H21FN2O/c1-18-14-3-2-11(10-13(14)15)4-9-17-12-5-7-16-8-6-12/h2-3,10,12,16-17H,4-9H2,1H3. The highest BCUT2D eigenvalue weighted by atomic mass is 19.1. The molecule has 100 valence electrons. The van der Waals surface area contributed by atoms with Crippen LogP contribution in [0.25, 0.3) is 0 Å². The van der Waals surface area contributed by atoms with Gasteiger partial charge >= 0.3 is 0 Å². The number of benzene rings is 1. The van der Waals surface area contributed by atoms with Gasteiger partial charge in [-0.25, -0.2) is 4.39 Å². The summed E-state index contributed by atoms with van der Waals surface area (Å²) in [5, 5.41) is 6.86. The molecule has 0 bridgehead atoms. The molecule has 1 aliphatic heterocycles. The van der Waals surface area contributed by atoms with Gasteiger partial charge in [-0.3, -0.25) is 0 Å². The first-order valence-electron chi connectivity index (χ1n) is 6.56. The molecule has 18 heavy (non-hydrogen) atoms. The predicted molar refractivity (Wildman–Crippen MR) is 70.6 cm³/mol. The molecule has 0 aromatic heterocycles. The number of hydrogen-bond donors (Lipinski definition) is 2. The third-order valence-corrected chi connectivity index (χ3v) is 3.40. The van der Waals surface area contributed by atoms with Crippen LogP contribution in [-0.4, -0.2) is 32.8 Å². The van der Waals surface area contributed by atoms with Crippen molar-refractivity contribution in [3.8, 4) is 5.75 Å². The van der Waals surface area contributed by atoms with E-state index in [-0.39, 0.29) is 5.82 Å². The Morgan fingerprint density at radius 2 is 2.17 bits per heavy atom. The Kier molecular flexibility index (Phi) is 4.96. The first kappa shape index (κ1) is 13.3. The monoisotopic (exact) mass is 252 g/mol. The van der Waals surface area contributed by atoms with E-state index in [0.29, 0.717) is 11.8 Å². The average Bonchev–Trinajstić information content (AvgIpc) is 2.40. The van der Waals surface area contributed by atoms with Gasteiger partial charge in [0.05, 0.1) is 7.11 Å². The van der Waals surface area contributed by atoms with Gasteiger partial charge in [-0.15, -0.1) is 0 Å². The van der Waals surface area contributed by atoms with Crippen molar-refractivity contribution in [1.29, 1.82) is 0 Å². The van der Waals surface area contributed by atoms with Gasteiger partial charge in [0.1, 0.15) is 0 Å². The van der Waals surface area contributed by atoms with Crippen LogP contribution in [0.1, 0.15) is 18.4 Å². The fourth-order valence-corrected chi connectivity index (χ4v) is 2.31. The maximum atomic E-state index is 13.5. The molecule has 3 nitrogen and oxygen atoms in total. The van der Waals surface area contributed by atoms with Crippen LogP contribution in [0.15, 0.2) is 18.2 Å². The maximum Gasteiger partial charge on any atom is 0.165 e. The summed E-state index contributed by atoms with van der Waals surface area (Å²) in [4.78, 5) is 0. The second-order valence-corrected chi connectivity index (χ2v) is 4.70. The fourth-order valence-electron chi connectivity index (χ4n) is 2.31. The molecule has 1 aromatic carbocycles. The van der Waals surface area contributed by atoms with Crippen LogP contribution in [0.3, 0.4) is 0 Å². The summed E-state index contributed by atoms with van der Waals surface area (Å²) in [7, 11) is 1.48. The number of halogens is 1. The summed E-state index contributed by atoms with van der Waals surface area (Å²) in [5.74, 6) is 0.0296. The van der Waals surface area contributed by atoms with E-state index in [2.05, 4.69) is 10.6 Å². The van der Waals surface area contributed by atoms with E-state index in [1.54, 1.807) is 12.1 Å². The molecule has 0 saturated carbocycles. The SMILES string of the molecule is COc1ccc(CCNC2CCNCC2)cc1F. The van der Waals surface area contributed by atoms with E-state index in [0.717, 1.165) is 31.6 Å². The predicted octanol–water partition coefficient (Wildman–Crippen LogP) is 1.72. The lowest BCUT2D eigenvalue weighted by Crippen LogP contribution is -2.40. The zero-order valence-electron chi connectivity index (χ0n) is 10.8. The molecule has 1 aromatic rings. The molecule has 2 rings (SSSR count). The van der Waals surface area contributed by atoms with Crippen molar-refractivity contribution in [2.75, 3.05) is 26.7 Å². The minimum Gasteiger partial charge on any atom is -0.494 e. The topological polar surface area (TPSA) is 33.3 Å². The Labute approximate surface area is 108 Å². The van der Waals surface area contributed by atoms with Crippen molar-refractivity contribution < 1.29 is 9.13 Å². The zero-order chi connectivity index (χ0) is 12.8. The molecule has 0 spiro atoms. The molecule has 1 aliphatic rings. The van der Waals surface area contributed by atoms with Gasteiger partial charge in [0.2, 0.25) is 0 Å². The Morgan fingerprint density at radius 1 is 1.39 bits per heavy atom. The molecule has 0 amide bonds. The normalized spacial score (nSPS) is 16.8. The summed E-state index contributed by atoms with van der Waals surface area (Å²) < 4.78 is 18.4. The lowest BCUT2D eigenvalue weighted by Gasteiger charge is -2.23. The Balaban J connectivity index is 1.77. The van der Waals surface area contributed by atoms with Crippen LogP contribution >= 0.6 is 0 Å². The van der Waals surface area contributed by atoms with Crippen LogP contribution in [-0.2, 0) is 6.42 Å². The van der Waals surface area contributed by atoms with E-state index < -0.39 is 0 Å². The smallest absolute Gasteiger partial charge is 0.165 e. The third-order valence-electron chi connectivity index (χ3n) is 3.40. The summed E-state index contributed by atoms with van der Waals surface area (Å²) in [6.45, 7) is 3.08. The van der Waals surface area contributed by atoms with Gasteiger partial charge in [0.15, 0.2) is 11.6 Å². The van der Waals surface area contributed by atoms with Crippen LogP contribution in [0.4, 0.5) is 4.39 Å². The van der Waals surface area contributed by atoms with Crippen molar-refractivity contribution in [2.45, 2.75) is 25.3 Å². The molecule has 1 fully saturated rings. The second kappa shape index (κ2) is 6.71. The first-order chi connectivity index (χ1) is 8.79. The zero-order valence-corrected chi connectivity index (χ0v) is 10.8. The van der Waals surface area contributed by atoms with E-state index >= 15 is 0 Å². The highest BCUT2D eigenvalue weighted by Gasteiger charge is 2.11. The quantitative estimate of drug-likeness (QED) is 0.837. The molecule has 0 atom stereocenters. The fraction of sp³-hybridized carbons (Fsp3) is 0.571. The van der Waals surface area contributed by atoms with Crippen molar-refractivity contribution in [3.63, 3.8) is 0 Å². The van der Waals surface area contributed by atoms with Gasteiger partial charge in [0, 0.05) is 6.04 Å². The summed E-state index contributed by atoms with van der Waals surface area (Å²) in [6.07, 6.45) is 3.21. The highest BCUT2D eigenvalue weighted by molar-refractivity contribution is 5.29. The molecular weight excluding hydrogens is 231 g/mol. The third kappa shape index (κ3) is 3.68. The van der Waals surface area contributed by atoms with Crippen LogP contribution < -0.4 is 15.4 Å². The number of rotatable bonds is 5. The molecule has 0 unspecified atom stereocenters. The Hall–Kier alpha value is -1.13. The number of piperidine rings is 1. The summed E-state index contributed by atoms with van der Waals surface area (Å²) in [5.41, 5.74) is 1.01. The number of hydrogen-bond acceptors (Lipinski definition) is 3.